The summed E-state index contributed by atoms with van der Waals surface area (Å²) in [4.78, 5) is 15.1. The molecule has 0 unspecified atom stereocenters. The molecule has 26 heavy (non-hydrogen) atoms. The van der Waals surface area contributed by atoms with E-state index in [4.69, 9.17) is 4.99 Å². The first kappa shape index (κ1) is 17.8. The number of amidine groups is 1. The number of nitrogens with one attached hydrogen (secondary N) is 1. The molecule has 0 aliphatic carbocycles. The molecular formula is C20H22N4O2. The van der Waals surface area contributed by atoms with Gasteiger partial charge in [-0.2, -0.15) is 5.10 Å². The van der Waals surface area contributed by atoms with Crippen LogP contribution in [0.4, 0.5) is 5.69 Å². The molecule has 1 heterocycles. The number of rotatable bonds is 3. The highest BCUT2D eigenvalue weighted by molar-refractivity contribution is 6.02. The topological polar surface area (TPSA) is 79.9 Å². The van der Waals surface area contributed by atoms with Crippen molar-refractivity contribution in [3.8, 4) is 0 Å². The molecule has 1 aliphatic heterocycles. The SMILES string of the molecule is Cc1cc2c(cc1C)C(NN=Cc1ccc([N+](=O)[O-])cc1)=NC(C)(C)C2. The summed E-state index contributed by atoms with van der Waals surface area (Å²) in [5.74, 6) is 0.748. The molecule has 0 saturated heterocycles. The number of fused-ring (bicyclic) bond motifs is 1. The number of nitro benzene ring substituents is 1. The lowest BCUT2D eigenvalue weighted by Crippen LogP contribution is -2.34. The average Bonchev–Trinajstić information content (AvgIpc) is 2.56. The molecule has 6 nitrogen and oxygen atoms in total. The molecule has 2 aromatic carbocycles. The third-order valence-corrected chi connectivity index (χ3v) is 4.50. The lowest BCUT2D eigenvalue weighted by molar-refractivity contribution is -0.384. The number of aliphatic imine (C=N–C) groups is 1. The van der Waals surface area contributed by atoms with E-state index in [9.17, 15) is 10.1 Å². The van der Waals surface area contributed by atoms with Gasteiger partial charge in [0.25, 0.3) is 5.69 Å². The molecule has 0 aromatic heterocycles. The van der Waals surface area contributed by atoms with Crippen LogP contribution in [-0.4, -0.2) is 22.5 Å². The minimum Gasteiger partial charge on any atom is -0.261 e. The molecule has 0 bridgehead atoms. The second-order valence-electron chi connectivity index (χ2n) is 7.26. The molecule has 3 rings (SSSR count). The van der Waals surface area contributed by atoms with E-state index >= 15 is 0 Å². The van der Waals surface area contributed by atoms with Crippen LogP contribution in [0.3, 0.4) is 0 Å². The van der Waals surface area contributed by atoms with Gasteiger partial charge < -0.3 is 0 Å². The lowest BCUT2D eigenvalue weighted by atomic mass is 9.86. The number of nitro groups is 1. The van der Waals surface area contributed by atoms with Gasteiger partial charge in [-0.1, -0.05) is 6.07 Å². The summed E-state index contributed by atoms with van der Waals surface area (Å²) in [5.41, 5.74) is 8.53. The second kappa shape index (κ2) is 6.71. The van der Waals surface area contributed by atoms with Crippen molar-refractivity contribution in [3.63, 3.8) is 0 Å². The van der Waals surface area contributed by atoms with Crippen LogP contribution in [0.15, 0.2) is 46.5 Å². The summed E-state index contributed by atoms with van der Waals surface area (Å²) in [5, 5.41) is 15.0. The molecule has 0 spiro atoms. The highest BCUT2D eigenvalue weighted by atomic mass is 16.6. The Morgan fingerprint density at radius 1 is 1.19 bits per heavy atom. The lowest BCUT2D eigenvalue weighted by Gasteiger charge is -2.29. The van der Waals surface area contributed by atoms with Gasteiger partial charge in [0.05, 0.1) is 16.7 Å². The first-order chi connectivity index (χ1) is 12.2. The van der Waals surface area contributed by atoms with E-state index in [0.29, 0.717) is 0 Å². The fourth-order valence-corrected chi connectivity index (χ4v) is 3.05. The van der Waals surface area contributed by atoms with Crippen molar-refractivity contribution in [2.45, 2.75) is 39.7 Å². The minimum atomic E-state index is -0.417. The Labute approximate surface area is 152 Å². The normalized spacial score (nSPS) is 15.5. The van der Waals surface area contributed by atoms with Gasteiger partial charge in [0, 0.05) is 17.7 Å². The predicted octanol–water partition coefficient (Wildman–Crippen LogP) is 3.92. The number of hydrazone groups is 1. The van der Waals surface area contributed by atoms with Crippen LogP contribution in [0.25, 0.3) is 0 Å². The predicted molar refractivity (Wildman–Crippen MR) is 104 cm³/mol. The summed E-state index contributed by atoms with van der Waals surface area (Å²) in [7, 11) is 0. The second-order valence-corrected chi connectivity index (χ2v) is 7.26. The zero-order valence-electron chi connectivity index (χ0n) is 15.4. The van der Waals surface area contributed by atoms with Gasteiger partial charge in [-0.05, 0) is 74.6 Å². The van der Waals surface area contributed by atoms with Crippen molar-refractivity contribution in [2.24, 2.45) is 10.1 Å². The average molecular weight is 350 g/mol. The summed E-state index contributed by atoms with van der Waals surface area (Å²) in [6, 6.07) is 10.6. The quantitative estimate of drug-likeness (QED) is 0.518. The molecule has 1 N–H and O–H groups in total. The molecule has 0 atom stereocenters. The van der Waals surface area contributed by atoms with Gasteiger partial charge >= 0.3 is 0 Å². The van der Waals surface area contributed by atoms with E-state index in [-0.39, 0.29) is 11.2 Å². The highest BCUT2D eigenvalue weighted by Crippen LogP contribution is 2.28. The van der Waals surface area contributed by atoms with Crippen LogP contribution in [0.2, 0.25) is 0 Å². The third kappa shape index (κ3) is 3.79. The zero-order chi connectivity index (χ0) is 18.9. The van der Waals surface area contributed by atoms with Crippen LogP contribution in [-0.2, 0) is 6.42 Å². The third-order valence-electron chi connectivity index (χ3n) is 4.50. The standard InChI is InChI=1S/C20H22N4O2/c1-13-9-16-11-20(3,4)22-19(18(16)10-14(13)2)23-21-12-15-5-7-17(8-6-15)24(25)26/h5-10,12H,11H2,1-4H3,(H,22,23). The van der Waals surface area contributed by atoms with Crippen LogP contribution in [0, 0.1) is 24.0 Å². The molecule has 0 fully saturated rings. The monoisotopic (exact) mass is 350 g/mol. The molecule has 0 saturated carbocycles. The molecule has 2 aromatic rings. The van der Waals surface area contributed by atoms with Crippen LogP contribution >= 0.6 is 0 Å². The van der Waals surface area contributed by atoms with Crippen molar-refractivity contribution >= 4 is 17.7 Å². The van der Waals surface area contributed by atoms with Gasteiger partial charge in [0.2, 0.25) is 0 Å². The van der Waals surface area contributed by atoms with Crippen molar-refractivity contribution in [1.82, 2.24) is 5.43 Å². The molecule has 6 heteroatoms. The van der Waals surface area contributed by atoms with E-state index in [1.807, 2.05) is 0 Å². The fourth-order valence-electron chi connectivity index (χ4n) is 3.05. The van der Waals surface area contributed by atoms with Crippen molar-refractivity contribution in [3.05, 3.63) is 74.3 Å². The number of aryl methyl sites for hydroxylation is 2. The Balaban J connectivity index is 1.83. The first-order valence-corrected chi connectivity index (χ1v) is 8.49. The van der Waals surface area contributed by atoms with Gasteiger partial charge in [-0.3, -0.25) is 20.5 Å². The Bertz CT molecular complexity index is 912. The summed E-state index contributed by atoms with van der Waals surface area (Å²) < 4.78 is 0. The number of nitrogens with zero attached hydrogens (tertiary/aromatic N) is 3. The van der Waals surface area contributed by atoms with Gasteiger partial charge in [0.1, 0.15) is 5.84 Å². The van der Waals surface area contributed by atoms with Crippen LogP contribution in [0.5, 0.6) is 0 Å². The zero-order valence-corrected chi connectivity index (χ0v) is 15.4. The van der Waals surface area contributed by atoms with Crippen LogP contribution in [0.1, 0.15) is 41.7 Å². The minimum absolute atomic E-state index is 0.0632. The summed E-state index contributed by atoms with van der Waals surface area (Å²) in [6.07, 6.45) is 2.52. The molecule has 1 aliphatic rings. The Morgan fingerprint density at radius 2 is 1.85 bits per heavy atom. The first-order valence-electron chi connectivity index (χ1n) is 8.49. The smallest absolute Gasteiger partial charge is 0.261 e. The highest BCUT2D eigenvalue weighted by Gasteiger charge is 2.27. The molecule has 0 amide bonds. The van der Waals surface area contributed by atoms with Crippen molar-refractivity contribution in [2.75, 3.05) is 0 Å². The van der Waals surface area contributed by atoms with E-state index < -0.39 is 4.92 Å². The van der Waals surface area contributed by atoms with Gasteiger partial charge in [-0.25, -0.2) is 0 Å². The van der Waals surface area contributed by atoms with Crippen LogP contribution < -0.4 is 5.43 Å². The molecular weight excluding hydrogens is 328 g/mol. The number of non-ortho nitro benzene ring substituents is 1. The van der Waals surface area contributed by atoms with E-state index in [1.165, 1.54) is 28.8 Å². The maximum absolute atomic E-state index is 10.7. The van der Waals surface area contributed by atoms with E-state index in [1.54, 1.807) is 18.3 Å². The van der Waals surface area contributed by atoms with Gasteiger partial charge in [-0.15, -0.1) is 0 Å². The number of hydrogen-bond donors (Lipinski definition) is 1. The number of hydrogen-bond acceptors (Lipinski definition) is 5. The Morgan fingerprint density at radius 3 is 2.50 bits per heavy atom. The van der Waals surface area contributed by atoms with Crippen molar-refractivity contribution < 1.29 is 4.92 Å². The number of benzene rings is 2. The fraction of sp³-hybridized carbons (Fsp3) is 0.300. The maximum atomic E-state index is 10.7. The molecule has 134 valence electrons. The van der Waals surface area contributed by atoms with E-state index in [2.05, 4.69) is 50.4 Å². The van der Waals surface area contributed by atoms with Crippen molar-refractivity contribution in [1.29, 1.82) is 0 Å². The van der Waals surface area contributed by atoms with Gasteiger partial charge in [0.15, 0.2) is 0 Å². The van der Waals surface area contributed by atoms with E-state index in [0.717, 1.165) is 23.4 Å². The largest absolute Gasteiger partial charge is 0.269 e. The Kier molecular flexibility index (Phi) is 4.59. The summed E-state index contributed by atoms with van der Waals surface area (Å²) in [6.45, 7) is 8.42. The summed E-state index contributed by atoms with van der Waals surface area (Å²) >= 11 is 0. The maximum Gasteiger partial charge on any atom is 0.269 e. The molecule has 0 radical (unpaired) electrons. The Hall–Kier alpha value is -3.02.